The van der Waals surface area contributed by atoms with Gasteiger partial charge in [0.1, 0.15) is 12.3 Å². The molecular weight excluding hydrogens is 288 g/mol. The maximum Gasteiger partial charge on any atom is 0.326 e. The first-order valence-electron chi connectivity index (χ1n) is 6.65. The highest BCUT2D eigenvalue weighted by molar-refractivity contribution is 5.95. The van der Waals surface area contributed by atoms with Crippen LogP contribution < -0.4 is 5.32 Å². The molecule has 1 unspecified atom stereocenters. The molecule has 1 aromatic carbocycles. The molecule has 2 rings (SSSR count). The van der Waals surface area contributed by atoms with Crippen LogP contribution in [0.4, 0.5) is 0 Å². The zero-order chi connectivity index (χ0) is 15.9. The Balaban J connectivity index is 2.06. The van der Waals surface area contributed by atoms with Crippen molar-refractivity contribution in [3.05, 3.63) is 42.3 Å². The summed E-state index contributed by atoms with van der Waals surface area (Å²) in [4.78, 5) is 27.2. The van der Waals surface area contributed by atoms with Crippen LogP contribution >= 0.6 is 0 Å². The van der Waals surface area contributed by atoms with Crippen LogP contribution in [0.15, 0.2) is 41.0 Å². The molecule has 7 heteroatoms. The predicted molar refractivity (Wildman–Crippen MR) is 77.3 cm³/mol. The number of nitrogens with one attached hydrogen (secondary N) is 1. The number of ether oxygens (including phenoxy) is 1. The largest absolute Gasteiger partial charge is 0.480 e. The number of nitrogens with zero attached hydrogens (tertiary/aromatic N) is 1. The number of rotatable bonds is 7. The standard InChI is InChI=1S/C15H16N2O5/c1-21-8-7-11(15(19)20)16-13(18)12-9-22-14(17-12)10-5-3-2-4-6-10/h2-6,9,11H,7-8H2,1H3,(H,16,18)(H,19,20). The maximum atomic E-state index is 12.0. The summed E-state index contributed by atoms with van der Waals surface area (Å²) in [7, 11) is 1.46. The first-order chi connectivity index (χ1) is 10.6. The summed E-state index contributed by atoms with van der Waals surface area (Å²) in [6.45, 7) is 0.228. The first kappa shape index (κ1) is 15.7. The molecule has 1 amide bonds. The number of benzene rings is 1. The van der Waals surface area contributed by atoms with E-state index in [1.807, 2.05) is 18.2 Å². The van der Waals surface area contributed by atoms with Gasteiger partial charge in [-0.25, -0.2) is 9.78 Å². The number of oxazole rings is 1. The molecule has 1 atom stereocenters. The Kier molecular flexibility index (Phi) is 5.26. The Hall–Kier alpha value is -2.67. The Morgan fingerprint density at radius 3 is 2.73 bits per heavy atom. The van der Waals surface area contributed by atoms with Crippen molar-refractivity contribution in [2.24, 2.45) is 0 Å². The lowest BCUT2D eigenvalue weighted by Gasteiger charge is -2.12. The van der Waals surface area contributed by atoms with E-state index < -0.39 is 17.9 Å². The zero-order valence-electron chi connectivity index (χ0n) is 12.0. The van der Waals surface area contributed by atoms with Gasteiger partial charge in [-0.3, -0.25) is 4.79 Å². The van der Waals surface area contributed by atoms with Crippen LogP contribution in [0.1, 0.15) is 16.9 Å². The van der Waals surface area contributed by atoms with Gasteiger partial charge in [-0.1, -0.05) is 18.2 Å². The van der Waals surface area contributed by atoms with Crippen LogP contribution in [0.25, 0.3) is 11.5 Å². The summed E-state index contributed by atoms with van der Waals surface area (Å²) in [6, 6.07) is 8.06. The summed E-state index contributed by atoms with van der Waals surface area (Å²) < 4.78 is 10.1. The highest BCUT2D eigenvalue weighted by Gasteiger charge is 2.22. The van der Waals surface area contributed by atoms with Gasteiger partial charge >= 0.3 is 5.97 Å². The minimum Gasteiger partial charge on any atom is -0.480 e. The number of amides is 1. The van der Waals surface area contributed by atoms with Gasteiger partial charge in [0, 0.05) is 25.7 Å². The molecule has 0 saturated heterocycles. The minimum atomic E-state index is -1.13. The summed E-state index contributed by atoms with van der Waals surface area (Å²) in [5.74, 6) is -1.43. The van der Waals surface area contributed by atoms with Crippen molar-refractivity contribution in [3.8, 4) is 11.5 Å². The third-order valence-corrected chi connectivity index (χ3v) is 2.97. The molecule has 0 aliphatic carbocycles. The Morgan fingerprint density at radius 2 is 2.09 bits per heavy atom. The number of hydrogen-bond donors (Lipinski definition) is 2. The summed E-state index contributed by atoms with van der Waals surface area (Å²) >= 11 is 0. The topological polar surface area (TPSA) is 102 Å². The molecule has 1 aromatic heterocycles. The minimum absolute atomic E-state index is 0.0301. The van der Waals surface area contributed by atoms with E-state index in [0.717, 1.165) is 5.56 Å². The van der Waals surface area contributed by atoms with Crippen molar-refractivity contribution in [2.45, 2.75) is 12.5 Å². The van der Waals surface area contributed by atoms with Crippen molar-refractivity contribution in [1.29, 1.82) is 0 Å². The van der Waals surface area contributed by atoms with Gasteiger partial charge in [0.25, 0.3) is 5.91 Å². The van der Waals surface area contributed by atoms with E-state index in [1.165, 1.54) is 13.4 Å². The summed E-state index contributed by atoms with van der Waals surface area (Å²) in [5, 5.41) is 11.5. The molecule has 0 fully saturated rings. The fraction of sp³-hybridized carbons (Fsp3) is 0.267. The lowest BCUT2D eigenvalue weighted by Crippen LogP contribution is -2.41. The van der Waals surface area contributed by atoms with Crippen LogP contribution in [0.3, 0.4) is 0 Å². The van der Waals surface area contributed by atoms with Crippen molar-refractivity contribution >= 4 is 11.9 Å². The second kappa shape index (κ2) is 7.37. The predicted octanol–water partition coefficient (Wildman–Crippen LogP) is 1.56. The van der Waals surface area contributed by atoms with Gasteiger partial charge in [0.05, 0.1) is 0 Å². The summed E-state index contributed by atoms with van der Waals surface area (Å²) in [6.07, 6.45) is 1.37. The Labute approximate surface area is 126 Å². The fourth-order valence-electron chi connectivity index (χ4n) is 1.82. The second-order valence-corrected chi connectivity index (χ2v) is 4.55. The van der Waals surface area contributed by atoms with E-state index >= 15 is 0 Å². The van der Waals surface area contributed by atoms with Gasteiger partial charge in [-0.15, -0.1) is 0 Å². The Bertz CT molecular complexity index is 638. The molecule has 2 aromatic rings. The fourth-order valence-corrected chi connectivity index (χ4v) is 1.82. The smallest absolute Gasteiger partial charge is 0.326 e. The molecule has 2 N–H and O–H groups in total. The highest BCUT2D eigenvalue weighted by atomic mass is 16.5. The van der Waals surface area contributed by atoms with Crippen molar-refractivity contribution in [2.75, 3.05) is 13.7 Å². The zero-order valence-corrected chi connectivity index (χ0v) is 12.0. The molecule has 7 nitrogen and oxygen atoms in total. The molecular formula is C15H16N2O5. The molecule has 1 heterocycles. The number of carbonyl (C=O) groups is 2. The molecule has 0 aliphatic rings. The van der Waals surface area contributed by atoms with E-state index in [1.54, 1.807) is 12.1 Å². The average molecular weight is 304 g/mol. The molecule has 0 radical (unpaired) electrons. The molecule has 116 valence electrons. The SMILES string of the molecule is COCCC(NC(=O)c1coc(-c2ccccc2)n1)C(=O)O. The first-order valence-corrected chi connectivity index (χ1v) is 6.65. The van der Waals surface area contributed by atoms with Crippen LogP contribution in [0, 0.1) is 0 Å². The molecule has 0 saturated carbocycles. The number of carboxylic acid groups (broad SMARTS) is 1. The third kappa shape index (κ3) is 3.92. The average Bonchev–Trinajstić information content (AvgIpc) is 3.02. The summed E-state index contributed by atoms with van der Waals surface area (Å²) in [5.41, 5.74) is 0.762. The molecule has 0 spiro atoms. The van der Waals surface area contributed by atoms with E-state index in [0.29, 0.717) is 5.89 Å². The lowest BCUT2D eigenvalue weighted by atomic mass is 10.2. The lowest BCUT2D eigenvalue weighted by molar-refractivity contribution is -0.139. The molecule has 0 aliphatic heterocycles. The van der Waals surface area contributed by atoms with E-state index in [4.69, 9.17) is 14.3 Å². The van der Waals surface area contributed by atoms with Gasteiger partial charge in [0.15, 0.2) is 5.69 Å². The maximum absolute atomic E-state index is 12.0. The van der Waals surface area contributed by atoms with Gasteiger partial charge in [0.2, 0.25) is 5.89 Å². The van der Waals surface area contributed by atoms with Crippen molar-refractivity contribution in [1.82, 2.24) is 10.3 Å². The number of carboxylic acids is 1. The quantitative estimate of drug-likeness (QED) is 0.805. The van der Waals surface area contributed by atoms with E-state index in [9.17, 15) is 9.59 Å². The highest BCUT2D eigenvalue weighted by Crippen LogP contribution is 2.17. The number of hydrogen-bond acceptors (Lipinski definition) is 5. The Morgan fingerprint density at radius 1 is 1.36 bits per heavy atom. The van der Waals surface area contributed by atoms with Gasteiger partial charge < -0.3 is 19.6 Å². The van der Waals surface area contributed by atoms with Crippen molar-refractivity contribution in [3.63, 3.8) is 0 Å². The van der Waals surface area contributed by atoms with Crippen molar-refractivity contribution < 1.29 is 23.8 Å². The van der Waals surface area contributed by atoms with Gasteiger partial charge in [-0.05, 0) is 12.1 Å². The van der Waals surface area contributed by atoms with Gasteiger partial charge in [-0.2, -0.15) is 0 Å². The van der Waals surface area contributed by atoms with E-state index in [-0.39, 0.29) is 18.7 Å². The number of aromatic nitrogens is 1. The van der Waals surface area contributed by atoms with Crippen LogP contribution in [-0.4, -0.2) is 41.7 Å². The molecule has 0 bridgehead atoms. The number of carbonyl (C=O) groups excluding carboxylic acids is 1. The number of methoxy groups -OCH3 is 1. The van der Waals surface area contributed by atoms with Crippen LogP contribution in [0.5, 0.6) is 0 Å². The third-order valence-electron chi connectivity index (χ3n) is 2.97. The molecule has 22 heavy (non-hydrogen) atoms. The van der Waals surface area contributed by atoms with Crippen LogP contribution in [-0.2, 0) is 9.53 Å². The van der Waals surface area contributed by atoms with Crippen LogP contribution in [0.2, 0.25) is 0 Å². The number of aliphatic carboxylic acids is 1. The normalized spacial score (nSPS) is 11.9. The van der Waals surface area contributed by atoms with E-state index in [2.05, 4.69) is 10.3 Å². The monoisotopic (exact) mass is 304 g/mol. The second-order valence-electron chi connectivity index (χ2n) is 4.55.